The van der Waals surface area contributed by atoms with Gasteiger partial charge in [-0.2, -0.15) is 0 Å². The molecular formula is C14H16N4O. The van der Waals surface area contributed by atoms with Crippen LogP contribution < -0.4 is 5.32 Å². The lowest BCUT2D eigenvalue weighted by atomic mass is 9.91. The van der Waals surface area contributed by atoms with Gasteiger partial charge >= 0.3 is 0 Å². The summed E-state index contributed by atoms with van der Waals surface area (Å²) in [7, 11) is 0. The minimum Gasteiger partial charge on any atom is -0.384 e. The molecule has 0 amide bonds. The van der Waals surface area contributed by atoms with E-state index in [0.717, 1.165) is 24.6 Å². The Hall–Kier alpha value is -2.01. The smallest absolute Gasteiger partial charge is 0.164 e. The van der Waals surface area contributed by atoms with Crippen LogP contribution in [0, 0.1) is 0 Å². The number of anilines is 1. The normalized spacial score (nSPS) is 22.6. The van der Waals surface area contributed by atoms with Crippen LogP contribution in [0.3, 0.4) is 0 Å². The van der Waals surface area contributed by atoms with E-state index in [0.29, 0.717) is 18.0 Å². The zero-order valence-electron chi connectivity index (χ0n) is 10.6. The molecule has 1 unspecified atom stereocenters. The van der Waals surface area contributed by atoms with Crippen LogP contribution in [0.1, 0.15) is 19.3 Å². The quantitative estimate of drug-likeness (QED) is 0.821. The number of rotatable bonds is 3. The van der Waals surface area contributed by atoms with E-state index in [1.165, 1.54) is 6.33 Å². The van der Waals surface area contributed by atoms with Crippen molar-refractivity contribution in [3.8, 4) is 0 Å². The van der Waals surface area contributed by atoms with Crippen molar-refractivity contribution in [2.75, 3.05) is 11.9 Å². The largest absolute Gasteiger partial charge is 0.384 e. The highest BCUT2D eigenvalue weighted by Crippen LogP contribution is 2.23. The zero-order valence-corrected chi connectivity index (χ0v) is 10.6. The maximum atomic E-state index is 10.4. The number of aromatic nitrogens is 3. The second kappa shape index (κ2) is 4.93. The van der Waals surface area contributed by atoms with Crippen LogP contribution in [-0.2, 0) is 0 Å². The highest BCUT2D eigenvalue weighted by atomic mass is 16.3. The van der Waals surface area contributed by atoms with Crippen molar-refractivity contribution in [1.82, 2.24) is 15.0 Å². The molecule has 98 valence electrons. The van der Waals surface area contributed by atoms with Crippen LogP contribution in [0.5, 0.6) is 0 Å². The fourth-order valence-corrected chi connectivity index (χ4v) is 2.33. The third kappa shape index (κ3) is 2.56. The molecule has 19 heavy (non-hydrogen) atoms. The fraction of sp³-hybridized carbons (Fsp3) is 0.357. The molecule has 0 spiro atoms. The maximum absolute atomic E-state index is 10.4. The molecular weight excluding hydrogens is 240 g/mol. The van der Waals surface area contributed by atoms with Crippen molar-refractivity contribution < 1.29 is 5.11 Å². The van der Waals surface area contributed by atoms with Gasteiger partial charge in [0.15, 0.2) is 5.65 Å². The Bertz CT molecular complexity index is 608. The summed E-state index contributed by atoms with van der Waals surface area (Å²) in [6, 6.07) is 3.78. The van der Waals surface area contributed by atoms with Gasteiger partial charge in [-0.1, -0.05) is 12.2 Å². The summed E-state index contributed by atoms with van der Waals surface area (Å²) in [5.74, 6) is 0.713. The van der Waals surface area contributed by atoms with Gasteiger partial charge in [0.25, 0.3) is 0 Å². The second-order valence-electron chi connectivity index (χ2n) is 4.85. The minimum absolute atomic E-state index is 0.449. The minimum atomic E-state index is -0.780. The van der Waals surface area contributed by atoms with Crippen molar-refractivity contribution in [3.63, 3.8) is 0 Å². The lowest BCUT2D eigenvalue weighted by Gasteiger charge is -2.27. The molecule has 1 aliphatic carbocycles. The number of hydrogen-bond acceptors (Lipinski definition) is 5. The molecule has 2 heterocycles. The van der Waals surface area contributed by atoms with Crippen molar-refractivity contribution in [1.29, 1.82) is 0 Å². The van der Waals surface area contributed by atoms with Gasteiger partial charge in [-0.15, -0.1) is 0 Å². The Kier molecular flexibility index (Phi) is 3.13. The molecule has 2 aromatic rings. The molecule has 0 radical (unpaired) electrons. The summed E-state index contributed by atoms with van der Waals surface area (Å²) >= 11 is 0. The monoisotopic (exact) mass is 256 g/mol. The lowest BCUT2D eigenvalue weighted by molar-refractivity contribution is 0.0880. The van der Waals surface area contributed by atoms with Crippen LogP contribution in [0.2, 0.25) is 0 Å². The van der Waals surface area contributed by atoms with E-state index in [4.69, 9.17) is 0 Å². The Morgan fingerprint density at radius 1 is 1.32 bits per heavy atom. The predicted molar refractivity (Wildman–Crippen MR) is 73.8 cm³/mol. The first-order valence-corrected chi connectivity index (χ1v) is 6.47. The van der Waals surface area contributed by atoms with Gasteiger partial charge in [-0.3, -0.25) is 0 Å². The number of allylic oxidation sites excluding steroid dienone is 1. The van der Waals surface area contributed by atoms with Gasteiger partial charge in [0.2, 0.25) is 0 Å². The third-order valence-corrected chi connectivity index (χ3v) is 3.38. The van der Waals surface area contributed by atoms with E-state index in [9.17, 15) is 5.11 Å². The van der Waals surface area contributed by atoms with Crippen molar-refractivity contribution in [2.24, 2.45) is 0 Å². The highest BCUT2D eigenvalue weighted by Gasteiger charge is 2.25. The van der Waals surface area contributed by atoms with E-state index in [2.05, 4.69) is 20.3 Å². The first-order valence-electron chi connectivity index (χ1n) is 6.47. The average molecular weight is 256 g/mol. The standard InChI is InChI=1S/C14H16N4O/c19-14(6-2-1-3-7-14)9-16-13-11-5-4-8-15-12(11)17-10-18-13/h2,4-6,8,10,19H,1,3,7,9H2,(H,15,16,17,18). The zero-order chi connectivity index (χ0) is 13.1. The van der Waals surface area contributed by atoms with Crippen LogP contribution in [0.25, 0.3) is 11.0 Å². The molecule has 0 saturated carbocycles. The van der Waals surface area contributed by atoms with Crippen molar-refractivity contribution >= 4 is 16.9 Å². The summed E-state index contributed by atoms with van der Waals surface area (Å²) in [4.78, 5) is 12.5. The van der Waals surface area contributed by atoms with Gasteiger partial charge in [-0.05, 0) is 31.4 Å². The average Bonchev–Trinajstić information content (AvgIpc) is 2.46. The van der Waals surface area contributed by atoms with Gasteiger partial charge in [0.05, 0.1) is 11.0 Å². The van der Waals surface area contributed by atoms with Crippen molar-refractivity contribution in [2.45, 2.75) is 24.9 Å². The van der Waals surface area contributed by atoms with Crippen LogP contribution in [0.15, 0.2) is 36.8 Å². The number of fused-ring (bicyclic) bond motifs is 1. The fourth-order valence-electron chi connectivity index (χ4n) is 2.33. The lowest BCUT2D eigenvalue weighted by Crippen LogP contribution is -2.36. The number of nitrogens with one attached hydrogen (secondary N) is 1. The molecule has 0 bridgehead atoms. The van der Waals surface area contributed by atoms with E-state index < -0.39 is 5.60 Å². The predicted octanol–water partition coefficient (Wildman–Crippen LogP) is 1.91. The van der Waals surface area contributed by atoms with Gasteiger partial charge in [0.1, 0.15) is 12.1 Å². The number of pyridine rings is 1. The maximum Gasteiger partial charge on any atom is 0.164 e. The summed E-state index contributed by atoms with van der Waals surface area (Å²) in [5.41, 5.74) is -0.122. The Balaban J connectivity index is 1.82. The van der Waals surface area contributed by atoms with Gasteiger partial charge in [0, 0.05) is 12.7 Å². The van der Waals surface area contributed by atoms with E-state index in [1.807, 2.05) is 24.3 Å². The van der Waals surface area contributed by atoms with E-state index in [1.54, 1.807) is 6.20 Å². The Morgan fingerprint density at radius 3 is 3.11 bits per heavy atom. The van der Waals surface area contributed by atoms with E-state index >= 15 is 0 Å². The van der Waals surface area contributed by atoms with Gasteiger partial charge < -0.3 is 10.4 Å². The Morgan fingerprint density at radius 2 is 2.26 bits per heavy atom. The first kappa shape index (κ1) is 12.0. The summed E-state index contributed by atoms with van der Waals surface area (Å²) in [5, 5.41) is 14.5. The van der Waals surface area contributed by atoms with Gasteiger partial charge in [-0.25, -0.2) is 15.0 Å². The number of hydrogen-bond donors (Lipinski definition) is 2. The highest BCUT2D eigenvalue weighted by molar-refractivity contribution is 5.85. The molecule has 0 aromatic carbocycles. The molecule has 5 heteroatoms. The molecule has 2 N–H and O–H groups in total. The van der Waals surface area contributed by atoms with E-state index in [-0.39, 0.29) is 0 Å². The molecule has 0 fully saturated rings. The molecule has 0 aliphatic heterocycles. The third-order valence-electron chi connectivity index (χ3n) is 3.38. The SMILES string of the molecule is OC1(CNc2ncnc3ncccc23)C=CCCC1. The molecule has 5 nitrogen and oxygen atoms in total. The van der Waals surface area contributed by atoms with Crippen LogP contribution in [-0.4, -0.2) is 32.2 Å². The number of nitrogens with zero attached hydrogens (tertiary/aromatic N) is 3. The molecule has 1 aliphatic rings. The van der Waals surface area contributed by atoms with Crippen LogP contribution >= 0.6 is 0 Å². The van der Waals surface area contributed by atoms with Crippen molar-refractivity contribution in [3.05, 3.63) is 36.8 Å². The van der Waals surface area contributed by atoms with Crippen LogP contribution in [0.4, 0.5) is 5.82 Å². The molecule has 0 saturated heterocycles. The molecule has 2 aromatic heterocycles. The second-order valence-corrected chi connectivity index (χ2v) is 4.85. The molecule has 1 atom stereocenters. The topological polar surface area (TPSA) is 70.9 Å². The summed E-state index contributed by atoms with van der Waals surface area (Å²) in [6.45, 7) is 0.449. The summed E-state index contributed by atoms with van der Waals surface area (Å²) in [6.07, 6.45) is 9.94. The number of aliphatic hydroxyl groups is 1. The molecule has 3 rings (SSSR count). The Labute approximate surface area is 111 Å². The summed E-state index contributed by atoms with van der Waals surface area (Å²) < 4.78 is 0. The first-order chi connectivity index (χ1) is 9.27.